The summed E-state index contributed by atoms with van der Waals surface area (Å²) in [6.07, 6.45) is 2.09. The molecule has 0 aliphatic rings. The molecule has 0 aromatic carbocycles. The van der Waals surface area contributed by atoms with E-state index >= 15 is 0 Å². The zero-order valence-corrected chi connectivity index (χ0v) is 12.5. The van der Waals surface area contributed by atoms with Crippen molar-refractivity contribution in [2.24, 2.45) is 11.3 Å². The van der Waals surface area contributed by atoms with Crippen molar-refractivity contribution in [3.63, 3.8) is 0 Å². The van der Waals surface area contributed by atoms with Gasteiger partial charge in [0.2, 0.25) is 0 Å². The predicted molar refractivity (Wildman–Crippen MR) is 76.3 cm³/mol. The second kappa shape index (κ2) is 6.50. The molecule has 0 saturated carbocycles. The number of hydrogen-bond donors (Lipinski definition) is 1. The molecule has 0 aliphatic heterocycles. The van der Waals surface area contributed by atoms with E-state index in [-0.39, 0.29) is 0 Å². The van der Waals surface area contributed by atoms with Crippen LogP contribution in [0.3, 0.4) is 0 Å². The van der Waals surface area contributed by atoms with Gasteiger partial charge in [-0.3, -0.25) is 0 Å². The summed E-state index contributed by atoms with van der Waals surface area (Å²) >= 11 is 1.79. The largest absolute Gasteiger partial charge is 0.464 e. The molecule has 1 heterocycles. The third kappa shape index (κ3) is 5.17. The second-order valence-corrected chi connectivity index (χ2v) is 6.57. The number of hydrogen-bond acceptors (Lipinski definition) is 3. The van der Waals surface area contributed by atoms with Gasteiger partial charge in [0, 0.05) is 0 Å². The number of nitrogens with one attached hydrogen (secondary N) is 1. The van der Waals surface area contributed by atoms with Crippen LogP contribution in [0.25, 0.3) is 0 Å². The minimum absolute atomic E-state index is 0.361. The van der Waals surface area contributed by atoms with E-state index in [1.807, 2.05) is 0 Å². The summed E-state index contributed by atoms with van der Waals surface area (Å²) in [5.41, 5.74) is 0.361. The molecule has 0 aliphatic carbocycles. The standard InChI is InChI=1S/C14H25NOS/c1-11(14(2,3)4)8-15-9-12-6-7-13(16-12)10-17-5/h6-7,11,15H,8-10H2,1-5H3. The Labute approximate surface area is 110 Å². The molecule has 1 N–H and O–H groups in total. The third-order valence-corrected chi connectivity index (χ3v) is 3.81. The molecule has 0 bridgehead atoms. The van der Waals surface area contributed by atoms with Crippen LogP contribution in [0.4, 0.5) is 0 Å². The molecule has 1 rings (SSSR count). The van der Waals surface area contributed by atoms with Crippen molar-refractivity contribution in [3.8, 4) is 0 Å². The molecule has 1 aromatic heterocycles. The Morgan fingerprint density at radius 3 is 2.53 bits per heavy atom. The molecule has 98 valence electrons. The average molecular weight is 255 g/mol. The van der Waals surface area contributed by atoms with Gasteiger partial charge in [-0.1, -0.05) is 27.7 Å². The SMILES string of the molecule is CSCc1ccc(CNCC(C)C(C)(C)C)o1. The Hall–Kier alpha value is -0.410. The summed E-state index contributed by atoms with van der Waals surface area (Å²) in [5.74, 6) is 3.72. The highest BCUT2D eigenvalue weighted by molar-refractivity contribution is 7.97. The molecule has 0 spiro atoms. The van der Waals surface area contributed by atoms with Gasteiger partial charge in [-0.2, -0.15) is 11.8 Å². The fourth-order valence-electron chi connectivity index (χ4n) is 1.46. The molecular formula is C14H25NOS. The zero-order valence-electron chi connectivity index (χ0n) is 11.7. The van der Waals surface area contributed by atoms with Crippen LogP contribution in [0.15, 0.2) is 16.5 Å². The van der Waals surface area contributed by atoms with Crippen molar-refractivity contribution in [2.75, 3.05) is 12.8 Å². The van der Waals surface area contributed by atoms with Crippen molar-refractivity contribution in [3.05, 3.63) is 23.7 Å². The predicted octanol–water partition coefficient (Wildman–Crippen LogP) is 3.91. The molecule has 17 heavy (non-hydrogen) atoms. The van der Waals surface area contributed by atoms with Crippen LogP contribution in [-0.2, 0) is 12.3 Å². The lowest BCUT2D eigenvalue weighted by Crippen LogP contribution is -2.29. The van der Waals surface area contributed by atoms with E-state index in [0.29, 0.717) is 11.3 Å². The highest BCUT2D eigenvalue weighted by Crippen LogP contribution is 2.24. The van der Waals surface area contributed by atoms with Crippen molar-refractivity contribution in [1.82, 2.24) is 5.32 Å². The van der Waals surface area contributed by atoms with Crippen molar-refractivity contribution in [1.29, 1.82) is 0 Å². The molecule has 1 aromatic rings. The maximum Gasteiger partial charge on any atom is 0.117 e. The van der Waals surface area contributed by atoms with Gasteiger partial charge in [0.1, 0.15) is 11.5 Å². The summed E-state index contributed by atoms with van der Waals surface area (Å²) < 4.78 is 5.71. The first-order chi connectivity index (χ1) is 7.93. The van der Waals surface area contributed by atoms with Crippen LogP contribution in [0.1, 0.15) is 39.2 Å². The Balaban J connectivity index is 2.30. The Morgan fingerprint density at radius 1 is 1.29 bits per heavy atom. The van der Waals surface area contributed by atoms with Crippen molar-refractivity contribution < 1.29 is 4.42 Å². The number of thioether (sulfide) groups is 1. The van der Waals surface area contributed by atoms with Crippen LogP contribution in [0, 0.1) is 11.3 Å². The van der Waals surface area contributed by atoms with E-state index in [2.05, 4.69) is 51.4 Å². The third-order valence-electron chi connectivity index (χ3n) is 3.23. The van der Waals surface area contributed by atoms with Gasteiger partial charge < -0.3 is 9.73 Å². The molecule has 3 heteroatoms. The lowest BCUT2D eigenvalue weighted by Gasteiger charge is -2.27. The van der Waals surface area contributed by atoms with Gasteiger partial charge in [-0.25, -0.2) is 0 Å². The molecule has 0 saturated heterocycles. The molecular weight excluding hydrogens is 230 g/mol. The Morgan fingerprint density at radius 2 is 1.94 bits per heavy atom. The van der Waals surface area contributed by atoms with Gasteiger partial charge in [0.15, 0.2) is 0 Å². The molecule has 0 fully saturated rings. The topological polar surface area (TPSA) is 25.2 Å². The highest BCUT2D eigenvalue weighted by Gasteiger charge is 2.19. The normalized spacial score (nSPS) is 13.9. The smallest absolute Gasteiger partial charge is 0.117 e. The maximum absolute atomic E-state index is 5.71. The summed E-state index contributed by atoms with van der Waals surface area (Å²) in [6, 6.07) is 4.14. The van der Waals surface area contributed by atoms with Gasteiger partial charge in [-0.15, -0.1) is 0 Å². The van der Waals surface area contributed by atoms with Gasteiger partial charge in [0.05, 0.1) is 12.3 Å². The first kappa shape index (κ1) is 14.7. The van der Waals surface area contributed by atoms with Crippen LogP contribution in [0.5, 0.6) is 0 Å². The summed E-state index contributed by atoms with van der Waals surface area (Å²) in [7, 11) is 0. The van der Waals surface area contributed by atoms with E-state index in [0.717, 1.165) is 30.4 Å². The quantitative estimate of drug-likeness (QED) is 0.834. The van der Waals surface area contributed by atoms with Crippen LogP contribution >= 0.6 is 11.8 Å². The summed E-state index contributed by atoms with van der Waals surface area (Å²) in [5, 5.41) is 3.46. The van der Waals surface area contributed by atoms with E-state index < -0.39 is 0 Å². The Kier molecular flexibility index (Phi) is 5.60. The van der Waals surface area contributed by atoms with Crippen LogP contribution < -0.4 is 5.32 Å². The number of furan rings is 1. The Bertz CT molecular complexity index is 327. The summed E-state index contributed by atoms with van der Waals surface area (Å²) in [6.45, 7) is 11.0. The molecule has 1 atom stereocenters. The average Bonchev–Trinajstić information content (AvgIpc) is 2.65. The maximum atomic E-state index is 5.71. The molecule has 1 unspecified atom stereocenters. The van der Waals surface area contributed by atoms with E-state index in [1.165, 1.54) is 0 Å². The zero-order chi connectivity index (χ0) is 12.9. The lowest BCUT2D eigenvalue weighted by molar-refractivity contribution is 0.250. The second-order valence-electron chi connectivity index (χ2n) is 5.70. The van der Waals surface area contributed by atoms with Crippen LogP contribution in [0.2, 0.25) is 0 Å². The first-order valence-corrected chi connectivity index (χ1v) is 7.60. The van der Waals surface area contributed by atoms with Crippen molar-refractivity contribution >= 4 is 11.8 Å². The minimum Gasteiger partial charge on any atom is -0.464 e. The minimum atomic E-state index is 0.361. The van der Waals surface area contributed by atoms with Gasteiger partial charge in [-0.05, 0) is 36.3 Å². The molecule has 2 nitrogen and oxygen atoms in total. The number of rotatable bonds is 6. The van der Waals surface area contributed by atoms with Gasteiger partial charge in [0.25, 0.3) is 0 Å². The van der Waals surface area contributed by atoms with E-state index in [9.17, 15) is 0 Å². The molecule has 0 amide bonds. The fraction of sp³-hybridized carbons (Fsp3) is 0.714. The lowest BCUT2D eigenvalue weighted by atomic mass is 9.82. The van der Waals surface area contributed by atoms with E-state index in [4.69, 9.17) is 4.42 Å². The first-order valence-electron chi connectivity index (χ1n) is 6.20. The van der Waals surface area contributed by atoms with E-state index in [1.54, 1.807) is 11.8 Å². The summed E-state index contributed by atoms with van der Waals surface area (Å²) in [4.78, 5) is 0. The van der Waals surface area contributed by atoms with Crippen LogP contribution in [-0.4, -0.2) is 12.8 Å². The van der Waals surface area contributed by atoms with Gasteiger partial charge >= 0.3 is 0 Å². The fourth-order valence-corrected chi connectivity index (χ4v) is 1.89. The monoisotopic (exact) mass is 255 g/mol. The molecule has 0 radical (unpaired) electrons. The highest BCUT2D eigenvalue weighted by atomic mass is 32.2. The van der Waals surface area contributed by atoms with Crippen molar-refractivity contribution in [2.45, 2.75) is 40.0 Å².